The first-order valence-electron chi connectivity index (χ1n) is 8.80. The summed E-state index contributed by atoms with van der Waals surface area (Å²) in [5.74, 6) is 0.837. The molecule has 2 fully saturated rings. The molecule has 2 aliphatic carbocycles. The summed E-state index contributed by atoms with van der Waals surface area (Å²) in [6.45, 7) is 3.62. The van der Waals surface area contributed by atoms with Gasteiger partial charge in [-0.1, -0.05) is 32.4 Å². The number of Topliss-reactive ketones (excluding diaryl/α,β-unsaturated/α-hetero) is 1. The molecule has 0 heterocycles. The molecule has 0 aromatic rings. The Morgan fingerprint density at radius 2 is 2.00 bits per heavy atom. The molecule has 6 heteroatoms. The van der Waals surface area contributed by atoms with Crippen LogP contribution in [0.1, 0.15) is 58.3 Å². The van der Waals surface area contributed by atoms with E-state index in [4.69, 9.17) is 4.74 Å². The minimum atomic E-state index is -0.127. The van der Waals surface area contributed by atoms with Crippen LogP contribution in [0.5, 0.6) is 0 Å². The number of carbonyl (C=O) groups excluding carboxylic acids is 2. The van der Waals surface area contributed by atoms with Gasteiger partial charge in [0.1, 0.15) is 11.8 Å². The maximum atomic E-state index is 12.2. The average molecular weight is 506 g/mol. The van der Waals surface area contributed by atoms with Gasteiger partial charge in [0.25, 0.3) is 0 Å². The molecule has 1 unspecified atom stereocenters. The smallest absolute Gasteiger partial charge is 0.584 e. The summed E-state index contributed by atoms with van der Waals surface area (Å²) < 4.78 is 5.18. The number of nitrogens with zero attached hydrogens (tertiary/aromatic N) is 2. The van der Waals surface area contributed by atoms with Gasteiger partial charge in [0, 0.05) is 26.6 Å². The number of rotatable bonds is 7. The number of ether oxygens (including phenoxy) is 1. The van der Waals surface area contributed by atoms with Gasteiger partial charge in [0.15, 0.2) is 0 Å². The number of hydrogen-bond acceptors (Lipinski definition) is 3. The van der Waals surface area contributed by atoms with E-state index in [1.54, 1.807) is 14.2 Å². The van der Waals surface area contributed by atoms with Gasteiger partial charge >= 0.3 is 21.1 Å². The van der Waals surface area contributed by atoms with Crippen LogP contribution in [0.15, 0.2) is 0 Å². The first-order valence-corrected chi connectivity index (χ1v) is 8.80. The topological polar surface area (TPSA) is 60.7 Å². The second kappa shape index (κ2) is 9.91. The molecule has 0 radical (unpaired) electrons. The maximum absolute atomic E-state index is 12.2. The Bertz CT molecular complexity index is 412. The molecule has 136 valence electrons. The van der Waals surface area contributed by atoms with Crippen LogP contribution >= 0.6 is 0 Å². The summed E-state index contributed by atoms with van der Waals surface area (Å²) in [6.07, 6.45) is 7.32. The second-order valence-electron chi connectivity index (χ2n) is 7.13. The molecule has 5 nitrogen and oxygen atoms in total. The third kappa shape index (κ3) is 5.29. The van der Waals surface area contributed by atoms with Gasteiger partial charge in [-0.25, -0.2) is 0 Å². The molecule has 1 spiro atoms. The Labute approximate surface area is 160 Å². The summed E-state index contributed by atoms with van der Waals surface area (Å²) in [6, 6.07) is 1.09. The molecular formula is C18H30N2O3W. The molecule has 1 atom stereocenters. The van der Waals surface area contributed by atoms with Gasteiger partial charge in [0.05, 0.1) is 0 Å². The van der Waals surface area contributed by atoms with E-state index >= 15 is 0 Å². The van der Waals surface area contributed by atoms with Crippen LogP contribution in [0.3, 0.4) is 0 Å². The van der Waals surface area contributed by atoms with E-state index in [0.717, 1.165) is 51.7 Å². The predicted molar refractivity (Wildman–Crippen MR) is 90.0 cm³/mol. The van der Waals surface area contributed by atoms with Gasteiger partial charge in [-0.2, -0.15) is 12.8 Å². The molecular weight excluding hydrogens is 476 g/mol. The number of carbonyl (C=O) groups is 2. The van der Waals surface area contributed by atoms with Gasteiger partial charge in [-0.05, 0) is 25.2 Å². The van der Waals surface area contributed by atoms with Crippen LogP contribution in [0.2, 0.25) is 0 Å². The molecule has 0 N–H and O–H groups in total. The molecule has 0 aromatic heterocycles. The van der Waals surface area contributed by atoms with Gasteiger partial charge in [-0.15, -0.1) is 0 Å². The van der Waals surface area contributed by atoms with E-state index in [-0.39, 0.29) is 32.5 Å². The Balaban J connectivity index is 0.00000288. The van der Waals surface area contributed by atoms with Crippen molar-refractivity contribution in [3.63, 3.8) is 0 Å². The summed E-state index contributed by atoms with van der Waals surface area (Å²) in [5.41, 5.74) is 0.282. The zero-order valence-electron chi connectivity index (χ0n) is 15.2. The zero-order chi connectivity index (χ0) is 16.9. The monoisotopic (exact) mass is 506 g/mol. The van der Waals surface area contributed by atoms with Crippen LogP contribution in [0.25, 0.3) is 5.32 Å². The Hall–Kier alpha value is -0.412. The van der Waals surface area contributed by atoms with Crippen molar-refractivity contribution in [3.8, 4) is 0 Å². The first-order chi connectivity index (χ1) is 11.0. The van der Waals surface area contributed by atoms with Crippen molar-refractivity contribution in [1.29, 1.82) is 0 Å². The number of ketones is 1. The van der Waals surface area contributed by atoms with Crippen LogP contribution < -0.4 is 0 Å². The third-order valence-corrected chi connectivity index (χ3v) is 5.58. The van der Waals surface area contributed by atoms with E-state index in [1.165, 1.54) is 6.04 Å². The summed E-state index contributed by atoms with van der Waals surface area (Å²) in [5, 5.41) is 3.89. The maximum Gasteiger partial charge on any atom is 2.00 e. The van der Waals surface area contributed by atoms with E-state index in [0.29, 0.717) is 24.5 Å². The van der Waals surface area contributed by atoms with Crippen LogP contribution in [-0.2, 0) is 30.6 Å². The average Bonchev–Trinajstić information content (AvgIpc) is 2.54. The van der Waals surface area contributed by atoms with Crippen molar-refractivity contribution < 1.29 is 35.4 Å². The summed E-state index contributed by atoms with van der Waals surface area (Å²) in [7, 11) is 3.28. The molecule has 2 aliphatic rings. The quantitative estimate of drug-likeness (QED) is 0.492. The van der Waals surface area contributed by atoms with Gasteiger partial charge in [0.2, 0.25) is 0 Å². The minimum Gasteiger partial charge on any atom is -0.584 e. The van der Waals surface area contributed by atoms with E-state index in [2.05, 4.69) is 12.2 Å². The van der Waals surface area contributed by atoms with Crippen molar-refractivity contribution in [1.82, 2.24) is 4.90 Å². The Morgan fingerprint density at radius 1 is 1.38 bits per heavy atom. The first kappa shape index (κ1) is 21.6. The molecule has 24 heavy (non-hydrogen) atoms. The van der Waals surface area contributed by atoms with Crippen molar-refractivity contribution in [2.45, 2.75) is 58.3 Å². The number of hydrogen-bond donors (Lipinski definition) is 0. The van der Waals surface area contributed by atoms with Crippen molar-refractivity contribution in [3.05, 3.63) is 11.4 Å². The van der Waals surface area contributed by atoms with Crippen molar-refractivity contribution in [2.75, 3.05) is 27.3 Å². The minimum absolute atomic E-state index is 0. The normalized spacial score (nSPS) is 20.9. The Kier molecular flexibility index (Phi) is 8.93. The largest absolute Gasteiger partial charge is 2.00 e. The molecule has 2 rings (SSSR count). The third-order valence-electron chi connectivity index (χ3n) is 5.58. The van der Waals surface area contributed by atoms with Crippen molar-refractivity contribution >= 4 is 11.8 Å². The molecule has 2 amide bonds. The van der Waals surface area contributed by atoms with Gasteiger partial charge < -0.3 is 25.8 Å². The summed E-state index contributed by atoms with van der Waals surface area (Å²) in [4.78, 5) is 25.6. The van der Waals surface area contributed by atoms with Crippen molar-refractivity contribution in [2.24, 2.45) is 11.3 Å². The van der Waals surface area contributed by atoms with E-state index in [9.17, 15) is 9.59 Å². The number of methoxy groups -OCH3 is 1. The fourth-order valence-electron chi connectivity index (χ4n) is 3.85. The van der Waals surface area contributed by atoms with E-state index in [1.807, 2.05) is 4.90 Å². The molecule has 0 aromatic carbocycles. The number of urea groups is 1. The fourth-order valence-corrected chi connectivity index (χ4v) is 3.85. The van der Waals surface area contributed by atoms with E-state index < -0.39 is 0 Å². The van der Waals surface area contributed by atoms with Crippen LogP contribution in [0, 0.1) is 17.4 Å². The standard InChI is InChI=1S/C18H31N2O3.W/c1-4-14(7-10-23-3)13-20(17(22)19-2)15-11-18(12-15)8-5-16(21)6-9-18;/h14H,4-13H2,1-3H3,(H,19,22);/q-1;+2/p-1. The summed E-state index contributed by atoms with van der Waals surface area (Å²) >= 11 is 0. The van der Waals surface area contributed by atoms with Crippen LogP contribution in [0.4, 0.5) is 4.79 Å². The number of amides is 2. The zero-order valence-corrected chi connectivity index (χ0v) is 18.1. The molecule has 0 bridgehead atoms. The van der Waals surface area contributed by atoms with Crippen LogP contribution in [-0.4, -0.2) is 44.0 Å². The molecule has 0 saturated heterocycles. The second-order valence-corrected chi connectivity index (χ2v) is 7.13. The molecule has 0 aliphatic heterocycles. The fraction of sp³-hybridized carbons (Fsp3) is 0.833. The molecule has 2 saturated carbocycles. The predicted octanol–water partition coefficient (Wildman–Crippen LogP) is 3.93. The SMILES string of the molecule is CCC(CCOC)CN(C(=O)[N-]C)[C-]1CC2(CCC(=O)CC2)C1.[W+2]. The Morgan fingerprint density at radius 3 is 2.50 bits per heavy atom. The van der Waals surface area contributed by atoms with Gasteiger partial charge in [-0.3, -0.25) is 4.79 Å².